The number of methoxy groups -OCH3 is 1. The van der Waals surface area contributed by atoms with E-state index in [2.05, 4.69) is 10.2 Å². The normalized spacial score (nSPS) is 16.4. The number of hydrogen-bond acceptors (Lipinski definition) is 6. The van der Waals surface area contributed by atoms with E-state index in [0.29, 0.717) is 30.5 Å². The van der Waals surface area contributed by atoms with Gasteiger partial charge in [0.15, 0.2) is 11.5 Å². The van der Waals surface area contributed by atoms with Gasteiger partial charge in [0.05, 0.1) is 7.11 Å². The van der Waals surface area contributed by atoms with Gasteiger partial charge in [-0.3, -0.25) is 9.59 Å². The van der Waals surface area contributed by atoms with Gasteiger partial charge < -0.3 is 30.2 Å². The molecule has 8 nitrogen and oxygen atoms in total. The highest BCUT2D eigenvalue weighted by Gasteiger charge is 2.22. The molecule has 0 spiro atoms. The zero-order chi connectivity index (χ0) is 23.9. The van der Waals surface area contributed by atoms with E-state index in [0.717, 1.165) is 50.1 Å². The van der Waals surface area contributed by atoms with Gasteiger partial charge in [-0.1, -0.05) is 12.1 Å². The Morgan fingerprint density at radius 3 is 2.59 bits per heavy atom. The Hall–Kier alpha value is -3.52. The third-order valence-electron chi connectivity index (χ3n) is 6.21. The SMILES string of the molecule is COc1cc(/C=C/C(=O)Nc2ccc(CCN3CCC(C(N)=O)CC3)cc2)cc2c1OCCO2. The Kier molecular flexibility index (Phi) is 7.69. The maximum absolute atomic E-state index is 12.4. The van der Waals surface area contributed by atoms with Crippen LogP contribution < -0.4 is 25.3 Å². The van der Waals surface area contributed by atoms with Crippen molar-refractivity contribution in [1.29, 1.82) is 0 Å². The molecule has 2 amide bonds. The van der Waals surface area contributed by atoms with Crippen LogP contribution in [-0.2, 0) is 16.0 Å². The molecule has 2 aromatic carbocycles. The van der Waals surface area contributed by atoms with Crippen molar-refractivity contribution in [2.75, 3.05) is 45.3 Å². The van der Waals surface area contributed by atoms with E-state index in [1.165, 1.54) is 11.6 Å². The monoisotopic (exact) mass is 465 g/mol. The first-order chi connectivity index (χ1) is 16.5. The molecule has 0 saturated carbocycles. The van der Waals surface area contributed by atoms with Gasteiger partial charge in [-0.2, -0.15) is 0 Å². The highest BCUT2D eigenvalue weighted by Crippen LogP contribution is 2.40. The van der Waals surface area contributed by atoms with E-state index in [1.54, 1.807) is 13.2 Å². The highest BCUT2D eigenvalue weighted by atomic mass is 16.6. The predicted octanol–water partition coefficient (Wildman–Crippen LogP) is 2.86. The molecule has 2 aromatic rings. The lowest BCUT2D eigenvalue weighted by molar-refractivity contribution is -0.123. The van der Waals surface area contributed by atoms with Crippen LogP contribution >= 0.6 is 0 Å². The van der Waals surface area contributed by atoms with E-state index in [4.69, 9.17) is 19.9 Å². The lowest BCUT2D eigenvalue weighted by Gasteiger charge is -2.30. The van der Waals surface area contributed by atoms with Crippen LogP contribution in [0.15, 0.2) is 42.5 Å². The molecule has 0 aromatic heterocycles. The number of nitrogens with two attached hydrogens (primary N) is 1. The highest BCUT2D eigenvalue weighted by molar-refractivity contribution is 6.02. The summed E-state index contributed by atoms with van der Waals surface area (Å²) in [5.41, 5.74) is 8.13. The van der Waals surface area contributed by atoms with Crippen molar-refractivity contribution >= 4 is 23.6 Å². The number of carbonyl (C=O) groups excluding carboxylic acids is 2. The van der Waals surface area contributed by atoms with Gasteiger partial charge in [0.2, 0.25) is 17.6 Å². The average molecular weight is 466 g/mol. The van der Waals surface area contributed by atoms with Crippen molar-refractivity contribution in [1.82, 2.24) is 4.90 Å². The molecule has 3 N–H and O–H groups in total. The van der Waals surface area contributed by atoms with Gasteiger partial charge in [-0.05, 0) is 73.8 Å². The maximum Gasteiger partial charge on any atom is 0.248 e. The summed E-state index contributed by atoms with van der Waals surface area (Å²) in [6.45, 7) is 3.72. The third kappa shape index (κ3) is 6.08. The van der Waals surface area contributed by atoms with Crippen molar-refractivity contribution in [3.63, 3.8) is 0 Å². The van der Waals surface area contributed by atoms with Crippen LogP contribution in [0.5, 0.6) is 17.2 Å². The van der Waals surface area contributed by atoms with Crippen molar-refractivity contribution in [2.24, 2.45) is 11.7 Å². The van der Waals surface area contributed by atoms with E-state index in [-0.39, 0.29) is 17.7 Å². The Morgan fingerprint density at radius 2 is 1.88 bits per heavy atom. The van der Waals surface area contributed by atoms with Crippen LogP contribution in [-0.4, -0.2) is 56.7 Å². The zero-order valence-corrected chi connectivity index (χ0v) is 19.4. The summed E-state index contributed by atoms with van der Waals surface area (Å²) in [6, 6.07) is 11.5. The number of piperidine rings is 1. The number of hydrogen-bond donors (Lipinski definition) is 2. The molecule has 0 bridgehead atoms. The average Bonchev–Trinajstić information content (AvgIpc) is 2.86. The number of benzene rings is 2. The first kappa shape index (κ1) is 23.6. The largest absolute Gasteiger partial charge is 0.493 e. The summed E-state index contributed by atoms with van der Waals surface area (Å²) in [5, 5.41) is 2.88. The molecular formula is C26H31N3O5. The zero-order valence-electron chi connectivity index (χ0n) is 19.4. The molecule has 0 atom stereocenters. The number of carbonyl (C=O) groups is 2. The van der Waals surface area contributed by atoms with Crippen LogP contribution in [0.3, 0.4) is 0 Å². The molecule has 0 unspecified atom stereocenters. The smallest absolute Gasteiger partial charge is 0.248 e. The lowest BCUT2D eigenvalue weighted by Crippen LogP contribution is -2.39. The second-order valence-corrected chi connectivity index (χ2v) is 8.54. The fraction of sp³-hybridized carbons (Fsp3) is 0.385. The second-order valence-electron chi connectivity index (χ2n) is 8.54. The Balaban J connectivity index is 1.27. The van der Waals surface area contributed by atoms with Crippen LogP contribution in [0.4, 0.5) is 5.69 Å². The van der Waals surface area contributed by atoms with E-state index in [9.17, 15) is 9.59 Å². The summed E-state index contributed by atoms with van der Waals surface area (Å²) in [7, 11) is 1.57. The minimum atomic E-state index is -0.223. The third-order valence-corrected chi connectivity index (χ3v) is 6.21. The number of amides is 2. The Morgan fingerprint density at radius 1 is 1.15 bits per heavy atom. The first-order valence-electron chi connectivity index (χ1n) is 11.6. The van der Waals surface area contributed by atoms with Gasteiger partial charge in [-0.25, -0.2) is 0 Å². The van der Waals surface area contributed by atoms with E-state index in [1.807, 2.05) is 36.4 Å². The number of nitrogens with zero attached hydrogens (tertiary/aromatic N) is 1. The van der Waals surface area contributed by atoms with E-state index >= 15 is 0 Å². The molecule has 180 valence electrons. The van der Waals surface area contributed by atoms with E-state index < -0.39 is 0 Å². The fourth-order valence-corrected chi connectivity index (χ4v) is 4.23. The molecule has 2 aliphatic rings. The van der Waals surface area contributed by atoms with Crippen LogP contribution in [0, 0.1) is 5.92 Å². The molecule has 1 fully saturated rings. The van der Waals surface area contributed by atoms with Gasteiger partial charge in [0.25, 0.3) is 0 Å². The first-order valence-corrected chi connectivity index (χ1v) is 11.6. The quantitative estimate of drug-likeness (QED) is 0.581. The lowest BCUT2D eigenvalue weighted by atomic mass is 9.96. The fourth-order valence-electron chi connectivity index (χ4n) is 4.23. The molecule has 4 rings (SSSR count). The van der Waals surface area contributed by atoms with Crippen LogP contribution in [0.1, 0.15) is 24.0 Å². The topological polar surface area (TPSA) is 103 Å². The molecule has 2 heterocycles. The summed E-state index contributed by atoms with van der Waals surface area (Å²) >= 11 is 0. The summed E-state index contributed by atoms with van der Waals surface area (Å²) < 4.78 is 16.6. The number of rotatable bonds is 8. The molecule has 34 heavy (non-hydrogen) atoms. The van der Waals surface area contributed by atoms with Crippen LogP contribution in [0.25, 0.3) is 6.08 Å². The summed E-state index contributed by atoms with van der Waals surface area (Å²) in [6.07, 6.45) is 5.79. The second kappa shape index (κ2) is 11.1. The molecular weight excluding hydrogens is 434 g/mol. The molecule has 0 aliphatic carbocycles. The number of primary amides is 1. The summed E-state index contributed by atoms with van der Waals surface area (Å²) in [5.74, 6) is 1.39. The van der Waals surface area contributed by atoms with Gasteiger partial charge in [-0.15, -0.1) is 0 Å². The summed E-state index contributed by atoms with van der Waals surface area (Å²) in [4.78, 5) is 26.1. The number of fused-ring (bicyclic) bond motifs is 1. The van der Waals surface area contributed by atoms with Crippen molar-refractivity contribution in [2.45, 2.75) is 19.3 Å². The van der Waals surface area contributed by atoms with Crippen LogP contribution in [0.2, 0.25) is 0 Å². The predicted molar refractivity (Wildman–Crippen MR) is 130 cm³/mol. The van der Waals surface area contributed by atoms with Crippen molar-refractivity contribution in [3.8, 4) is 17.2 Å². The minimum absolute atomic E-state index is 0.0184. The van der Waals surface area contributed by atoms with Gasteiger partial charge in [0, 0.05) is 24.2 Å². The maximum atomic E-state index is 12.4. The van der Waals surface area contributed by atoms with Gasteiger partial charge in [0.1, 0.15) is 13.2 Å². The molecule has 2 aliphatic heterocycles. The molecule has 1 saturated heterocycles. The standard InChI is InChI=1S/C26H31N3O5/c1-32-22-16-19(17-23-25(22)34-15-14-33-23)4-7-24(30)28-21-5-2-18(3-6-21)8-11-29-12-9-20(10-13-29)26(27)31/h2-7,16-17,20H,8-15H2,1H3,(H2,27,31)(H,28,30)/b7-4+. The number of likely N-dealkylation sites (tertiary alicyclic amines) is 1. The van der Waals surface area contributed by atoms with Crippen molar-refractivity contribution < 1.29 is 23.8 Å². The number of ether oxygens (including phenoxy) is 3. The van der Waals surface area contributed by atoms with Crippen molar-refractivity contribution in [3.05, 3.63) is 53.6 Å². The number of anilines is 1. The number of nitrogens with one attached hydrogen (secondary N) is 1. The molecule has 8 heteroatoms. The Labute approximate surface area is 199 Å². The minimum Gasteiger partial charge on any atom is -0.493 e. The van der Waals surface area contributed by atoms with Gasteiger partial charge >= 0.3 is 0 Å². The Bertz CT molecular complexity index is 1030. The molecule has 0 radical (unpaired) electrons.